The van der Waals surface area contributed by atoms with Crippen LogP contribution in [0.5, 0.6) is 5.75 Å². The van der Waals surface area contributed by atoms with E-state index >= 15 is 0 Å². The molecule has 1 rings (SSSR count). The van der Waals surface area contributed by atoms with E-state index < -0.39 is 0 Å². The first-order valence-electron chi connectivity index (χ1n) is 7.20. The molecule has 0 radical (unpaired) electrons. The minimum Gasteiger partial charge on any atom is -0.497 e. The molecule has 0 aliphatic carbocycles. The molecule has 20 heavy (non-hydrogen) atoms. The van der Waals surface area contributed by atoms with E-state index in [0.717, 1.165) is 24.2 Å². The summed E-state index contributed by atoms with van der Waals surface area (Å²) in [6, 6.07) is 7.77. The van der Waals surface area contributed by atoms with Crippen LogP contribution < -0.4 is 15.8 Å². The molecular formula is C16H26N2O2. The van der Waals surface area contributed by atoms with Crippen LogP contribution >= 0.6 is 0 Å². The Morgan fingerprint density at radius 1 is 1.25 bits per heavy atom. The monoisotopic (exact) mass is 278 g/mol. The number of nitrogens with two attached hydrogens (primary N) is 1. The van der Waals surface area contributed by atoms with Gasteiger partial charge in [-0.1, -0.05) is 19.1 Å². The first kappa shape index (κ1) is 16.5. The predicted molar refractivity (Wildman–Crippen MR) is 81.6 cm³/mol. The molecule has 0 aliphatic rings. The second-order valence-corrected chi connectivity index (χ2v) is 5.28. The van der Waals surface area contributed by atoms with E-state index in [1.54, 1.807) is 7.11 Å². The lowest BCUT2D eigenvalue weighted by molar-refractivity contribution is -0.122. The number of hydrogen-bond acceptors (Lipinski definition) is 3. The summed E-state index contributed by atoms with van der Waals surface area (Å²) >= 11 is 0. The van der Waals surface area contributed by atoms with Gasteiger partial charge in [0.25, 0.3) is 0 Å². The molecule has 0 heterocycles. The topological polar surface area (TPSA) is 64.3 Å². The molecule has 112 valence electrons. The van der Waals surface area contributed by atoms with Gasteiger partial charge in [0.15, 0.2) is 0 Å². The van der Waals surface area contributed by atoms with E-state index in [9.17, 15) is 4.79 Å². The first-order valence-corrected chi connectivity index (χ1v) is 7.20. The largest absolute Gasteiger partial charge is 0.497 e. The van der Waals surface area contributed by atoms with Gasteiger partial charge in [-0.05, 0) is 49.9 Å². The average molecular weight is 278 g/mol. The Kier molecular flexibility index (Phi) is 7.09. The summed E-state index contributed by atoms with van der Waals surface area (Å²) in [5.74, 6) is 1.42. The molecule has 4 heteroatoms. The lowest BCUT2D eigenvalue weighted by Crippen LogP contribution is -2.26. The van der Waals surface area contributed by atoms with Crippen molar-refractivity contribution in [2.24, 2.45) is 11.7 Å². The molecule has 0 saturated carbocycles. The summed E-state index contributed by atoms with van der Waals surface area (Å²) < 4.78 is 5.12. The van der Waals surface area contributed by atoms with Crippen molar-refractivity contribution < 1.29 is 9.53 Å². The Labute approximate surface area is 121 Å². The van der Waals surface area contributed by atoms with Crippen LogP contribution in [0.4, 0.5) is 0 Å². The molecule has 1 aromatic carbocycles. The minimum absolute atomic E-state index is 0.0122. The number of ether oxygens (including phenoxy) is 1. The summed E-state index contributed by atoms with van der Waals surface area (Å²) in [4.78, 5) is 11.9. The van der Waals surface area contributed by atoms with Gasteiger partial charge in [0.05, 0.1) is 13.2 Å². The van der Waals surface area contributed by atoms with Crippen LogP contribution in [0.3, 0.4) is 0 Å². The highest BCUT2D eigenvalue weighted by molar-refractivity contribution is 5.76. The lowest BCUT2D eigenvalue weighted by Gasteiger charge is -2.16. The van der Waals surface area contributed by atoms with Gasteiger partial charge in [-0.15, -0.1) is 0 Å². The number of carbonyl (C=O) groups excluding carboxylic acids is 1. The van der Waals surface area contributed by atoms with Crippen molar-refractivity contribution in [1.29, 1.82) is 0 Å². The molecule has 0 fully saturated rings. The molecule has 0 bridgehead atoms. The highest BCUT2D eigenvalue weighted by Gasteiger charge is 2.11. The van der Waals surface area contributed by atoms with Gasteiger partial charge < -0.3 is 15.8 Å². The van der Waals surface area contributed by atoms with Gasteiger partial charge in [-0.3, -0.25) is 4.79 Å². The smallest absolute Gasteiger partial charge is 0.220 e. The van der Waals surface area contributed by atoms with Crippen LogP contribution in [0.25, 0.3) is 0 Å². The third-order valence-electron chi connectivity index (χ3n) is 3.52. The second-order valence-electron chi connectivity index (χ2n) is 5.28. The Morgan fingerprint density at radius 3 is 2.45 bits per heavy atom. The van der Waals surface area contributed by atoms with Gasteiger partial charge >= 0.3 is 0 Å². The Hall–Kier alpha value is -1.55. The van der Waals surface area contributed by atoms with Gasteiger partial charge in [0.1, 0.15) is 5.75 Å². The summed E-state index contributed by atoms with van der Waals surface area (Å²) in [6.45, 7) is 4.81. The van der Waals surface area contributed by atoms with Crippen molar-refractivity contribution >= 4 is 5.91 Å². The number of rotatable bonds is 8. The summed E-state index contributed by atoms with van der Waals surface area (Å²) in [7, 11) is 1.64. The standard InChI is InChI=1S/C16H26N2O2/c1-12(10-11-17)4-9-16(19)18-13(2)14-5-7-15(20-3)8-6-14/h5-8,12-13H,4,9-11,17H2,1-3H3,(H,18,19). The van der Waals surface area contributed by atoms with Crippen LogP contribution in [0.1, 0.15) is 44.7 Å². The van der Waals surface area contributed by atoms with Crippen molar-refractivity contribution in [1.82, 2.24) is 5.32 Å². The van der Waals surface area contributed by atoms with Crippen LogP contribution in [-0.2, 0) is 4.79 Å². The Bertz CT molecular complexity index is 403. The van der Waals surface area contributed by atoms with E-state index in [-0.39, 0.29) is 11.9 Å². The Balaban J connectivity index is 2.40. The molecule has 0 aromatic heterocycles. The quantitative estimate of drug-likeness (QED) is 0.768. The van der Waals surface area contributed by atoms with Crippen molar-refractivity contribution in [2.75, 3.05) is 13.7 Å². The molecule has 4 nitrogen and oxygen atoms in total. The van der Waals surface area contributed by atoms with Crippen LogP contribution in [0.15, 0.2) is 24.3 Å². The lowest BCUT2D eigenvalue weighted by atomic mass is 10.0. The van der Waals surface area contributed by atoms with Gasteiger partial charge in [0, 0.05) is 6.42 Å². The Morgan fingerprint density at radius 2 is 1.90 bits per heavy atom. The summed E-state index contributed by atoms with van der Waals surface area (Å²) in [5, 5.41) is 3.02. The molecule has 1 aromatic rings. The van der Waals surface area contributed by atoms with Crippen LogP contribution in [0, 0.1) is 5.92 Å². The van der Waals surface area contributed by atoms with E-state index in [2.05, 4.69) is 12.2 Å². The van der Waals surface area contributed by atoms with E-state index in [1.165, 1.54) is 0 Å². The number of hydrogen-bond donors (Lipinski definition) is 2. The van der Waals surface area contributed by atoms with E-state index in [0.29, 0.717) is 18.9 Å². The van der Waals surface area contributed by atoms with Crippen molar-refractivity contribution in [3.8, 4) is 5.75 Å². The highest BCUT2D eigenvalue weighted by Crippen LogP contribution is 2.17. The summed E-state index contributed by atoms with van der Waals surface area (Å²) in [6.07, 6.45) is 2.42. The van der Waals surface area contributed by atoms with Crippen molar-refractivity contribution in [3.05, 3.63) is 29.8 Å². The molecule has 3 N–H and O–H groups in total. The maximum Gasteiger partial charge on any atom is 0.220 e. The molecule has 2 atom stereocenters. The fourth-order valence-electron chi connectivity index (χ4n) is 2.10. The predicted octanol–water partition coefficient (Wildman–Crippen LogP) is 2.64. The fraction of sp³-hybridized carbons (Fsp3) is 0.562. The molecular weight excluding hydrogens is 252 g/mol. The first-order chi connectivity index (χ1) is 9.56. The second kappa shape index (κ2) is 8.59. The van der Waals surface area contributed by atoms with Crippen molar-refractivity contribution in [3.63, 3.8) is 0 Å². The zero-order chi connectivity index (χ0) is 15.0. The maximum absolute atomic E-state index is 11.9. The molecule has 2 unspecified atom stereocenters. The van der Waals surface area contributed by atoms with E-state index in [4.69, 9.17) is 10.5 Å². The molecule has 1 amide bonds. The van der Waals surface area contributed by atoms with Crippen LogP contribution in [-0.4, -0.2) is 19.6 Å². The SMILES string of the molecule is COc1ccc(C(C)NC(=O)CCC(C)CCN)cc1. The fourth-order valence-corrected chi connectivity index (χ4v) is 2.10. The number of benzene rings is 1. The highest BCUT2D eigenvalue weighted by atomic mass is 16.5. The van der Waals surface area contributed by atoms with Gasteiger partial charge in [-0.2, -0.15) is 0 Å². The van der Waals surface area contributed by atoms with Gasteiger partial charge in [0.2, 0.25) is 5.91 Å². The van der Waals surface area contributed by atoms with E-state index in [1.807, 2.05) is 31.2 Å². The third-order valence-corrected chi connectivity index (χ3v) is 3.52. The summed E-state index contributed by atoms with van der Waals surface area (Å²) in [5.41, 5.74) is 6.58. The zero-order valence-electron chi connectivity index (χ0n) is 12.7. The number of methoxy groups -OCH3 is 1. The van der Waals surface area contributed by atoms with Crippen molar-refractivity contribution in [2.45, 2.75) is 39.2 Å². The minimum atomic E-state index is 0.0122. The zero-order valence-corrected chi connectivity index (χ0v) is 12.7. The third kappa shape index (κ3) is 5.61. The number of nitrogens with one attached hydrogen (secondary N) is 1. The molecule has 0 spiro atoms. The van der Waals surface area contributed by atoms with Gasteiger partial charge in [-0.25, -0.2) is 0 Å². The number of amides is 1. The molecule has 0 aliphatic heterocycles. The number of carbonyl (C=O) groups is 1. The average Bonchev–Trinajstić information content (AvgIpc) is 2.45. The maximum atomic E-state index is 11.9. The molecule has 0 saturated heterocycles. The van der Waals surface area contributed by atoms with Crippen LogP contribution in [0.2, 0.25) is 0 Å². The normalized spacial score (nSPS) is 13.6.